The minimum absolute atomic E-state index is 0. The molecule has 0 radical (unpaired) electrons. The maximum atomic E-state index is 12.1. The smallest absolute Gasteiger partial charge is 0.241 e. The molecule has 1 aromatic carbocycles. The number of hydrogen-bond acceptors (Lipinski definition) is 3. The summed E-state index contributed by atoms with van der Waals surface area (Å²) in [7, 11) is 1.98. The van der Waals surface area contributed by atoms with Gasteiger partial charge in [-0.3, -0.25) is 9.69 Å². The second-order valence-electron chi connectivity index (χ2n) is 4.80. The number of likely N-dealkylation sites (tertiary alicyclic amines) is 1. The second kappa shape index (κ2) is 7.48. The van der Waals surface area contributed by atoms with Crippen LogP contribution in [0.1, 0.15) is 13.3 Å². The number of benzene rings is 1. The number of hydrogen-bond donors (Lipinski definition) is 2. The highest BCUT2D eigenvalue weighted by Crippen LogP contribution is 2.14. The molecule has 5 heteroatoms. The van der Waals surface area contributed by atoms with Gasteiger partial charge in [-0.1, -0.05) is 18.2 Å². The molecule has 0 spiro atoms. The number of halogens is 1. The monoisotopic (exact) mass is 283 g/mol. The van der Waals surface area contributed by atoms with Gasteiger partial charge in [0.05, 0.1) is 6.04 Å². The van der Waals surface area contributed by atoms with Crippen molar-refractivity contribution in [1.82, 2.24) is 10.2 Å². The molecule has 106 valence electrons. The van der Waals surface area contributed by atoms with Crippen molar-refractivity contribution in [2.75, 3.05) is 25.5 Å². The third kappa shape index (κ3) is 4.20. The minimum Gasteiger partial charge on any atom is -0.325 e. The average molecular weight is 284 g/mol. The summed E-state index contributed by atoms with van der Waals surface area (Å²) in [4.78, 5) is 14.3. The molecule has 1 aliphatic rings. The molecule has 1 heterocycles. The average Bonchev–Trinajstić information content (AvgIpc) is 2.87. The van der Waals surface area contributed by atoms with Gasteiger partial charge in [0.15, 0.2) is 0 Å². The van der Waals surface area contributed by atoms with E-state index < -0.39 is 0 Å². The van der Waals surface area contributed by atoms with Crippen LogP contribution in [0.3, 0.4) is 0 Å². The van der Waals surface area contributed by atoms with Gasteiger partial charge < -0.3 is 10.6 Å². The highest BCUT2D eigenvalue weighted by atomic mass is 35.5. The standard InChI is InChI=1S/C14H21N3O.ClH/c1-11(17-9-8-13(10-17)15-2)14(18)16-12-6-4-3-5-7-12;/h3-7,11,13,15H,8-10H2,1-2H3,(H,16,18);1H. The van der Waals surface area contributed by atoms with Gasteiger partial charge in [-0.25, -0.2) is 0 Å². The Morgan fingerprint density at radius 3 is 2.63 bits per heavy atom. The normalized spacial score (nSPS) is 20.6. The first kappa shape index (κ1) is 16.0. The van der Waals surface area contributed by atoms with Crippen LogP contribution >= 0.6 is 12.4 Å². The Labute approximate surface area is 121 Å². The van der Waals surface area contributed by atoms with E-state index in [0.717, 1.165) is 25.2 Å². The number of amides is 1. The predicted molar refractivity (Wildman–Crippen MR) is 80.8 cm³/mol. The Hall–Kier alpha value is -1.10. The molecule has 1 aromatic rings. The number of para-hydroxylation sites is 1. The molecule has 0 aliphatic carbocycles. The van der Waals surface area contributed by atoms with Crippen LogP contribution in [0.25, 0.3) is 0 Å². The molecular formula is C14H22ClN3O. The molecule has 1 amide bonds. The molecule has 1 aliphatic heterocycles. The van der Waals surface area contributed by atoms with Crippen molar-refractivity contribution in [2.24, 2.45) is 0 Å². The third-order valence-corrected chi connectivity index (χ3v) is 3.60. The lowest BCUT2D eigenvalue weighted by Gasteiger charge is -2.23. The van der Waals surface area contributed by atoms with Gasteiger partial charge in [0.1, 0.15) is 0 Å². The predicted octanol–water partition coefficient (Wildman–Crippen LogP) is 1.73. The zero-order valence-electron chi connectivity index (χ0n) is 11.4. The van der Waals surface area contributed by atoms with E-state index in [-0.39, 0.29) is 24.4 Å². The number of rotatable bonds is 4. The molecular weight excluding hydrogens is 262 g/mol. The van der Waals surface area contributed by atoms with E-state index in [1.807, 2.05) is 44.3 Å². The number of carbonyl (C=O) groups is 1. The van der Waals surface area contributed by atoms with Crippen molar-refractivity contribution in [1.29, 1.82) is 0 Å². The maximum absolute atomic E-state index is 12.1. The summed E-state index contributed by atoms with van der Waals surface area (Å²) >= 11 is 0. The summed E-state index contributed by atoms with van der Waals surface area (Å²) in [5.74, 6) is 0.0675. The quantitative estimate of drug-likeness (QED) is 0.885. The van der Waals surface area contributed by atoms with E-state index in [4.69, 9.17) is 0 Å². The Kier molecular flexibility index (Phi) is 6.28. The molecule has 4 nitrogen and oxygen atoms in total. The lowest BCUT2D eigenvalue weighted by atomic mass is 10.2. The molecule has 1 fully saturated rings. The van der Waals surface area contributed by atoms with E-state index in [0.29, 0.717) is 6.04 Å². The van der Waals surface area contributed by atoms with Crippen LogP contribution < -0.4 is 10.6 Å². The van der Waals surface area contributed by atoms with Crippen LogP contribution in [-0.4, -0.2) is 43.0 Å². The van der Waals surface area contributed by atoms with Crippen LogP contribution in [0.15, 0.2) is 30.3 Å². The molecule has 2 unspecified atom stereocenters. The first-order chi connectivity index (χ1) is 8.70. The van der Waals surface area contributed by atoms with Crippen molar-refractivity contribution >= 4 is 24.0 Å². The van der Waals surface area contributed by atoms with E-state index in [2.05, 4.69) is 15.5 Å². The first-order valence-electron chi connectivity index (χ1n) is 6.48. The Morgan fingerprint density at radius 1 is 1.37 bits per heavy atom. The molecule has 2 atom stereocenters. The van der Waals surface area contributed by atoms with Crippen LogP contribution in [0.5, 0.6) is 0 Å². The summed E-state index contributed by atoms with van der Waals surface area (Å²) in [6.07, 6.45) is 1.11. The fraction of sp³-hybridized carbons (Fsp3) is 0.500. The van der Waals surface area contributed by atoms with Gasteiger partial charge in [-0.2, -0.15) is 0 Å². The van der Waals surface area contributed by atoms with Crippen molar-refractivity contribution in [3.63, 3.8) is 0 Å². The fourth-order valence-corrected chi connectivity index (χ4v) is 2.31. The second-order valence-corrected chi connectivity index (χ2v) is 4.80. The van der Waals surface area contributed by atoms with Gasteiger partial charge in [-0.05, 0) is 32.5 Å². The largest absolute Gasteiger partial charge is 0.325 e. The van der Waals surface area contributed by atoms with E-state index >= 15 is 0 Å². The van der Waals surface area contributed by atoms with Crippen LogP contribution in [0.4, 0.5) is 5.69 Å². The minimum atomic E-state index is -0.0800. The molecule has 1 saturated heterocycles. The van der Waals surface area contributed by atoms with E-state index in [9.17, 15) is 4.79 Å². The molecule has 2 N–H and O–H groups in total. The Bertz CT molecular complexity index is 399. The van der Waals surface area contributed by atoms with E-state index in [1.165, 1.54) is 0 Å². The van der Waals surface area contributed by atoms with Crippen molar-refractivity contribution in [3.8, 4) is 0 Å². The van der Waals surface area contributed by atoms with Crippen LogP contribution in [0.2, 0.25) is 0 Å². The summed E-state index contributed by atoms with van der Waals surface area (Å²) in [5.41, 5.74) is 0.860. The van der Waals surface area contributed by atoms with Crippen LogP contribution in [0, 0.1) is 0 Å². The molecule has 19 heavy (non-hydrogen) atoms. The summed E-state index contributed by atoms with van der Waals surface area (Å²) < 4.78 is 0. The van der Waals surface area contributed by atoms with Gasteiger partial charge in [0.25, 0.3) is 0 Å². The summed E-state index contributed by atoms with van der Waals surface area (Å²) in [6.45, 7) is 3.89. The molecule has 0 saturated carbocycles. The number of likely N-dealkylation sites (N-methyl/N-ethyl adjacent to an activating group) is 1. The molecule has 0 bridgehead atoms. The third-order valence-electron chi connectivity index (χ3n) is 3.60. The fourth-order valence-electron chi connectivity index (χ4n) is 2.31. The lowest BCUT2D eigenvalue weighted by Crippen LogP contribution is -2.42. The first-order valence-corrected chi connectivity index (χ1v) is 6.48. The van der Waals surface area contributed by atoms with Crippen molar-refractivity contribution < 1.29 is 4.79 Å². The maximum Gasteiger partial charge on any atom is 0.241 e. The SMILES string of the molecule is CNC1CCN(C(C)C(=O)Nc2ccccc2)C1.Cl. The van der Waals surface area contributed by atoms with Gasteiger partial charge in [0, 0.05) is 24.8 Å². The summed E-state index contributed by atoms with van der Waals surface area (Å²) in [5, 5.41) is 6.21. The molecule has 2 rings (SSSR count). The number of carbonyl (C=O) groups excluding carboxylic acids is 1. The number of nitrogens with one attached hydrogen (secondary N) is 2. The van der Waals surface area contributed by atoms with Gasteiger partial charge in [-0.15, -0.1) is 12.4 Å². The number of anilines is 1. The van der Waals surface area contributed by atoms with Crippen molar-refractivity contribution in [3.05, 3.63) is 30.3 Å². The zero-order chi connectivity index (χ0) is 13.0. The Morgan fingerprint density at radius 2 is 2.05 bits per heavy atom. The van der Waals surface area contributed by atoms with Gasteiger partial charge in [0.2, 0.25) is 5.91 Å². The summed E-state index contributed by atoms with van der Waals surface area (Å²) in [6, 6.07) is 10.0. The van der Waals surface area contributed by atoms with Gasteiger partial charge >= 0.3 is 0 Å². The zero-order valence-corrected chi connectivity index (χ0v) is 12.2. The lowest BCUT2D eigenvalue weighted by molar-refractivity contribution is -0.120. The highest BCUT2D eigenvalue weighted by Gasteiger charge is 2.28. The Balaban J connectivity index is 0.00000180. The van der Waals surface area contributed by atoms with E-state index in [1.54, 1.807) is 0 Å². The number of nitrogens with zero attached hydrogens (tertiary/aromatic N) is 1. The highest BCUT2D eigenvalue weighted by molar-refractivity contribution is 5.94. The van der Waals surface area contributed by atoms with Crippen molar-refractivity contribution in [2.45, 2.75) is 25.4 Å². The van der Waals surface area contributed by atoms with Crippen LogP contribution in [-0.2, 0) is 4.79 Å². The molecule has 0 aromatic heterocycles. The topological polar surface area (TPSA) is 44.4 Å².